The Kier molecular flexibility index (Phi) is 7.00. The summed E-state index contributed by atoms with van der Waals surface area (Å²) in [6.45, 7) is 9.45. The number of aryl methyl sites for hydroxylation is 2. The minimum Gasteiger partial charge on any atom is -0.478 e. The highest BCUT2D eigenvalue weighted by molar-refractivity contribution is 5.80. The van der Waals surface area contributed by atoms with Gasteiger partial charge in [0.05, 0.1) is 12.3 Å². The van der Waals surface area contributed by atoms with Crippen LogP contribution in [0.25, 0.3) is 0 Å². The summed E-state index contributed by atoms with van der Waals surface area (Å²) in [5, 5.41) is 11.3. The Labute approximate surface area is 155 Å². The molecule has 0 aliphatic carbocycles. The van der Waals surface area contributed by atoms with Gasteiger partial charge in [0.2, 0.25) is 5.88 Å². The minimum atomic E-state index is 0.225. The lowest BCUT2D eigenvalue weighted by Gasteiger charge is -2.19. The SMILES string of the molecule is CCOc1ncccc1CNC(=NC)NC(C)Cc1c(C)nn(C)c1C. The zero-order valence-electron chi connectivity index (χ0n) is 16.6. The molecule has 2 aromatic rings. The first-order valence-electron chi connectivity index (χ1n) is 8.99. The summed E-state index contributed by atoms with van der Waals surface area (Å²) < 4.78 is 7.50. The first kappa shape index (κ1) is 19.8. The van der Waals surface area contributed by atoms with E-state index in [0.717, 1.165) is 23.6 Å². The lowest BCUT2D eigenvalue weighted by molar-refractivity contribution is 0.322. The summed E-state index contributed by atoms with van der Waals surface area (Å²) >= 11 is 0. The summed E-state index contributed by atoms with van der Waals surface area (Å²) in [4.78, 5) is 8.60. The fourth-order valence-electron chi connectivity index (χ4n) is 2.90. The Morgan fingerprint density at radius 3 is 2.77 bits per heavy atom. The number of nitrogens with one attached hydrogen (secondary N) is 2. The molecule has 0 spiro atoms. The summed E-state index contributed by atoms with van der Waals surface area (Å²) in [5.74, 6) is 1.41. The van der Waals surface area contributed by atoms with Crippen molar-refractivity contribution >= 4 is 5.96 Å². The van der Waals surface area contributed by atoms with Crippen molar-refractivity contribution < 1.29 is 4.74 Å². The van der Waals surface area contributed by atoms with Crippen LogP contribution < -0.4 is 15.4 Å². The Hall–Kier alpha value is -2.57. The van der Waals surface area contributed by atoms with E-state index in [4.69, 9.17) is 4.74 Å². The molecule has 0 aliphatic rings. The van der Waals surface area contributed by atoms with Crippen molar-refractivity contribution in [3.05, 3.63) is 40.8 Å². The fourth-order valence-corrected chi connectivity index (χ4v) is 2.90. The molecule has 2 rings (SSSR count). The van der Waals surface area contributed by atoms with Gasteiger partial charge in [0.15, 0.2) is 5.96 Å². The van der Waals surface area contributed by atoms with Gasteiger partial charge in [-0.2, -0.15) is 5.10 Å². The van der Waals surface area contributed by atoms with Gasteiger partial charge in [-0.25, -0.2) is 4.98 Å². The number of aliphatic imine (C=N–C) groups is 1. The molecule has 0 aliphatic heterocycles. The predicted octanol–water partition coefficient (Wildman–Crippen LogP) is 2.13. The minimum absolute atomic E-state index is 0.225. The van der Waals surface area contributed by atoms with Crippen molar-refractivity contribution in [2.45, 2.75) is 46.7 Å². The number of nitrogens with zero attached hydrogens (tertiary/aromatic N) is 4. The third-order valence-electron chi connectivity index (χ3n) is 4.35. The molecule has 0 bridgehead atoms. The molecule has 2 N–H and O–H groups in total. The van der Waals surface area contributed by atoms with Gasteiger partial charge >= 0.3 is 0 Å². The zero-order valence-corrected chi connectivity index (χ0v) is 16.6. The third kappa shape index (κ3) is 4.97. The predicted molar refractivity (Wildman–Crippen MR) is 105 cm³/mol. The van der Waals surface area contributed by atoms with Gasteiger partial charge in [-0.3, -0.25) is 9.67 Å². The van der Waals surface area contributed by atoms with Crippen molar-refractivity contribution in [3.63, 3.8) is 0 Å². The van der Waals surface area contributed by atoms with Crippen molar-refractivity contribution in [2.24, 2.45) is 12.0 Å². The van der Waals surface area contributed by atoms with E-state index >= 15 is 0 Å². The van der Waals surface area contributed by atoms with Crippen LogP contribution >= 0.6 is 0 Å². The number of rotatable bonds is 7. The van der Waals surface area contributed by atoms with Gasteiger partial charge in [0, 0.05) is 44.1 Å². The first-order chi connectivity index (χ1) is 12.5. The quantitative estimate of drug-likeness (QED) is 0.586. The van der Waals surface area contributed by atoms with Crippen LogP contribution in [0.2, 0.25) is 0 Å². The first-order valence-corrected chi connectivity index (χ1v) is 8.99. The maximum absolute atomic E-state index is 5.57. The Morgan fingerprint density at radius 1 is 1.38 bits per heavy atom. The second kappa shape index (κ2) is 9.22. The molecule has 0 saturated carbocycles. The van der Waals surface area contributed by atoms with Crippen LogP contribution in [0.1, 0.15) is 36.4 Å². The Balaban J connectivity index is 1.95. The van der Waals surface area contributed by atoms with Crippen molar-refractivity contribution in [3.8, 4) is 5.88 Å². The van der Waals surface area contributed by atoms with Gasteiger partial charge < -0.3 is 15.4 Å². The topological polar surface area (TPSA) is 76.4 Å². The van der Waals surface area contributed by atoms with Crippen LogP contribution in [0.4, 0.5) is 0 Å². The summed E-state index contributed by atoms with van der Waals surface area (Å²) in [5.41, 5.74) is 4.58. The lowest BCUT2D eigenvalue weighted by atomic mass is 10.1. The van der Waals surface area contributed by atoms with Crippen LogP contribution in [-0.2, 0) is 20.0 Å². The van der Waals surface area contributed by atoms with Crippen molar-refractivity contribution in [1.82, 2.24) is 25.4 Å². The molecular weight excluding hydrogens is 328 g/mol. The number of ether oxygens (including phenoxy) is 1. The molecule has 0 fully saturated rings. The van der Waals surface area contributed by atoms with Crippen LogP contribution in [0.5, 0.6) is 5.88 Å². The summed E-state index contributed by atoms with van der Waals surface area (Å²) in [6.07, 6.45) is 2.63. The second-order valence-electron chi connectivity index (χ2n) is 6.35. The zero-order chi connectivity index (χ0) is 19.1. The van der Waals surface area contributed by atoms with E-state index in [2.05, 4.69) is 46.5 Å². The van der Waals surface area contributed by atoms with Gasteiger partial charge in [-0.05, 0) is 45.7 Å². The van der Waals surface area contributed by atoms with Crippen LogP contribution in [0.15, 0.2) is 23.3 Å². The highest BCUT2D eigenvalue weighted by Gasteiger charge is 2.14. The van der Waals surface area contributed by atoms with E-state index in [0.29, 0.717) is 19.0 Å². The molecule has 0 amide bonds. The molecule has 142 valence electrons. The Morgan fingerprint density at radius 2 is 2.15 bits per heavy atom. The number of pyridine rings is 1. The van der Waals surface area contributed by atoms with Gasteiger partial charge in [-0.15, -0.1) is 0 Å². The van der Waals surface area contributed by atoms with E-state index in [1.165, 1.54) is 11.3 Å². The number of hydrogen-bond acceptors (Lipinski definition) is 4. The monoisotopic (exact) mass is 358 g/mol. The van der Waals surface area contributed by atoms with E-state index < -0.39 is 0 Å². The van der Waals surface area contributed by atoms with Gasteiger partial charge in [-0.1, -0.05) is 6.07 Å². The lowest BCUT2D eigenvalue weighted by Crippen LogP contribution is -2.42. The average molecular weight is 358 g/mol. The standard InChI is InChI=1S/C19H30N6O/c1-7-26-18-16(9-8-10-21-18)12-22-19(20-5)23-13(2)11-17-14(3)24-25(6)15(17)4/h8-10,13H,7,11-12H2,1-6H3,(H2,20,22,23). The molecule has 7 nitrogen and oxygen atoms in total. The van der Waals surface area contributed by atoms with Crippen LogP contribution in [0, 0.1) is 13.8 Å². The maximum atomic E-state index is 5.57. The summed E-state index contributed by atoms with van der Waals surface area (Å²) in [7, 11) is 3.75. The van der Waals surface area contributed by atoms with Gasteiger partial charge in [0.25, 0.3) is 0 Å². The molecular formula is C19H30N6O. The Bertz CT molecular complexity index is 752. The molecule has 2 heterocycles. The third-order valence-corrected chi connectivity index (χ3v) is 4.35. The average Bonchev–Trinajstić information content (AvgIpc) is 2.86. The highest BCUT2D eigenvalue weighted by Crippen LogP contribution is 2.15. The normalized spacial score (nSPS) is 12.8. The largest absolute Gasteiger partial charge is 0.478 e. The van der Waals surface area contributed by atoms with E-state index in [1.807, 2.05) is 30.8 Å². The van der Waals surface area contributed by atoms with E-state index in [9.17, 15) is 0 Å². The number of aromatic nitrogens is 3. The molecule has 1 unspecified atom stereocenters. The molecule has 0 radical (unpaired) electrons. The van der Waals surface area contributed by atoms with Crippen molar-refractivity contribution in [1.29, 1.82) is 0 Å². The maximum Gasteiger partial charge on any atom is 0.218 e. The summed E-state index contributed by atoms with van der Waals surface area (Å²) in [6, 6.07) is 4.14. The second-order valence-corrected chi connectivity index (χ2v) is 6.35. The van der Waals surface area contributed by atoms with Gasteiger partial charge in [0.1, 0.15) is 0 Å². The molecule has 7 heteroatoms. The molecule has 26 heavy (non-hydrogen) atoms. The smallest absolute Gasteiger partial charge is 0.218 e. The molecule has 0 saturated heterocycles. The van der Waals surface area contributed by atoms with E-state index in [1.54, 1.807) is 13.2 Å². The van der Waals surface area contributed by atoms with Crippen LogP contribution in [-0.4, -0.2) is 40.4 Å². The number of hydrogen-bond donors (Lipinski definition) is 2. The fraction of sp³-hybridized carbons (Fsp3) is 0.526. The molecule has 2 aromatic heterocycles. The van der Waals surface area contributed by atoms with Crippen LogP contribution in [0.3, 0.4) is 0 Å². The molecule has 0 aromatic carbocycles. The van der Waals surface area contributed by atoms with E-state index in [-0.39, 0.29) is 6.04 Å². The molecule has 1 atom stereocenters. The highest BCUT2D eigenvalue weighted by atomic mass is 16.5. The number of guanidine groups is 1. The van der Waals surface area contributed by atoms with Crippen molar-refractivity contribution in [2.75, 3.05) is 13.7 Å².